The van der Waals surface area contributed by atoms with Crippen LogP contribution in [0, 0.1) is 0 Å². The molecule has 0 aliphatic heterocycles. The van der Waals surface area contributed by atoms with Crippen LogP contribution in [0.2, 0.25) is 0 Å². The van der Waals surface area contributed by atoms with Crippen LogP contribution in [0.4, 0.5) is 0 Å². The van der Waals surface area contributed by atoms with E-state index in [0.29, 0.717) is 12.1 Å². The molecule has 0 aliphatic rings. The zero-order valence-corrected chi connectivity index (χ0v) is 10.0. The molecule has 0 spiro atoms. The van der Waals surface area contributed by atoms with Gasteiger partial charge in [-0.15, -0.1) is 0 Å². The van der Waals surface area contributed by atoms with Gasteiger partial charge in [0.25, 0.3) is 0 Å². The van der Waals surface area contributed by atoms with Crippen LogP contribution >= 0.6 is 23.1 Å². The minimum atomic E-state index is 0.480. The number of thiophene rings is 1. The molecule has 0 bridgehead atoms. The maximum Gasteiger partial charge on any atom is 0.0302 e. The predicted molar refractivity (Wildman–Crippen MR) is 63.7 cm³/mol. The summed E-state index contributed by atoms with van der Waals surface area (Å²) < 4.78 is 0. The van der Waals surface area contributed by atoms with Crippen molar-refractivity contribution in [3.8, 4) is 0 Å². The van der Waals surface area contributed by atoms with Crippen LogP contribution < -0.4 is 5.32 Å². The summed E-state index contributed by atoms with van der Waals surface area (Å²) in [5.74, 6) is 1.18. The molecule has 0 saturated heterocycles. The quantitative estimate of drug-likeness (QED) is 0.810. The van der Waals surface area contributed by atoms with Crippen LogP contribution in [0.15, 0.2) is 16.8 Å². The van der Waals surface area contributed by atoms with Crippen LogP contribution in [0.25, 0.3) is 0 Å². The molecule has 0 fully saturated rings. The molecule has 1 aromatic heterocycles. The Morgan fingerprint density at radius 1 is 1.54 bits per heavy atom. The van der Waals surface area contributed by atoms with E-state index in [1.54, 1.807) is 11.3 Å². The molecule has 3 heteroatoms. The summed E-state index contributed by atoms with van der Waals surface area (Å²) in [5.41, 5.74) is 1.40. The van der Waals surface area contributed by atoms with Gasteiger partial charge in [-0.25, -0.2) is 0 Å². The lowest BCUT2D eigenvalue weighted by molar-refractivity contribution is 0.512. The van der Waals surface area contributed by atoms with Gasteiger partial charge in [0.15, 0.2) is 0 Å². The molecule has 0 saturated carbocycles. The van der Waals surface area contributed by atoms with Crippen LogP contribution in [0.1, 0.15) is 25.5 Å². The van der Waals surface area contributed by atoms with Crippen LogP contribution in [-0.4, -0.2) is 18.1 Å². The van der Waals surface area contributed by atoms with Gasteiger partial charge in [0.05, 0.1) is 0 Å². The first-order valence-electron chi connectivity index (χ1n) is 4.51. The second-order valence-electron chi connectivity index (χ2n) is 3.30. The van der Waals surface area contributed by atoms with Gasteiger partial charge in [-0.1, -0.05) is 0 Å². The van der Waals surface area contributed by atoms with Crippen molar-refractivity contribution in [3.63, 3.8) is 0 Å². The van der Waals surface area contributed by atoms with Crippen molar-refractivity contribution < 1.29 is 0 Å². The standard InChI is InChI=1S/C10H17NS2/c1-8(6-12-3)11-9(2)10-4-5-13-7-10/h4-5,7-9,11H,6H2,1-3H3/t8-,9-/m1/s1. The Labute approximate surface area is 88.9 Å². The molecule has 0 amide bonds. The maximum atomic E-state index is 3.57. The molecule has 1 aromatic rings. The fourth-order valence-corrected chi connectivity index (χ4v) is 2.69. The number of hydrogen-bond acceptors (Lipinski definition) is 3. The highest BCUT2D eigenvalue weighted by atomic mass is 32.2. The van der Waals surface area contributed by atoms with E-state index in [2.05, 4.69) is 42.2 Å². The molecular weight excluding hydrogens is 198 g/mol. The van der Waals surface area contributed by atoms with Crippen molar-refractivity contribution in [1.82, 2.24) is 5.32 Å². The number of nitrogens with one attached hydrogen (secondary N) is 1. The molecule has 0 aromatic carbocycles. The Bertz CT molecular complexity index is 221. The Kier molecular flexibility index (Phi) is 4.84. The molecule has 13 heavy (non-hydrogen) atoms. The van der Waals surface area contributed by atoms with E-state index in [0.717, 1.165) is 0 Å². The maximum absolute atomic E-state index is 3.57. The van der Waals surface area contributed by atoms with Crippen LogP contribution in [0.3, 0.4) is 0 Å². The molecule has 1 nitrogen and oxygen atoms in total. The lowest BCUT2D eigenvalue weighted by Crippen LogP contribution is -2.30. The monoisotopic (exact) mass is 215 g/mol. The topological polar surface area (TPSA) is 12.0 Å². The summed E-state index contributed by atoms with van der Waals surface area (Å²) in [6.45, 7) is 4.46. The summed E-state index contributed by atoms with van der Waals surface area (Å²) in [4.78, 5) is 0. The van der Waals surface area contributed by atoms with Gasteiger partial charge in [0.2, 0.25) is 0 Å². The third-order valence-electron chi connectivity index (χ3n) is 1.99. The first-order valence-corrected chi connectivity index (χ1v) is 6.84. The lowest BCUT2D eigenvalue weighted by Gasteiger charge is -2.18. The van der Waals surface area contributed by atoms with Crippen molar-refractivity contribution in [2.75, 3.05) is 12.0 Å². The average Bonchev–Trinajstić information content (AvgIpc) is 2.55. The van der Waals surface area contributed by atoms with Crippen LogP contribution in [0.5, 0.6) is 0 Å². The molecule has 0 unspecified atom stereocenters. The Morgan fingerprint density at radius 3 is 2.85 bits per heavy atom. The zero-order valence-electron chi connectivity index (χ0n) is 8.41. The predicted octanol–water partition coefficient (Wildman–Crippen LogP) is 3.15. The van der Waals surface area contributed by atoms with Crippen molar-refractivity contribution in [1.29, 1.82) is 0 Å². The van der Waals surface area contributed by atoms with Gasteiger partial charge in [0.1, 0.15) is 0 Å². The van der Waals surface area contributed by atoms with Gasteiger partial charge >= 0.3 is 0 Å². The Morgan fingerprint density at radius 2 is 2.31 bits per heavy atom. The van der Waals surface area contributed by atoms with Gasteiger partial charge < -0.3 is 5.32 Å². The fourth-order valence-electron chi connectivity index (χ4n) is 1.34. The number of hydrogen-bond donors (Lipinski definition) is 1. The molecule has 1 N–H and O–H groups in total. The second kappa shape index (κ2) is 5.68. The Balaban J connectivity index is 2.37. The lowest BCUT2D eigenvalue weighted by atomic mass is 10.1. The van der Waals surface area contributed by atoms with E-state index in [1.807, 2.05) is 11.8 Å². The van der Waals surface area contributed by atoms with E-state index in [4.69, 9.17) is 0 Å². The van der Waals surface area contributed by atoms with Gasteiger partial charge in [-0.3, -0.25) is 0 Å². The summed E-state index contributed by atoms with van der Waals surface area (Å²) in [7, 11) is 0. The van der Waals surface area contributed by atoms with E-state index >= 15 is 0 Å². The fraction of sp³-hybridized carbons (Fsp3) is 0.600. The molecule has 1 heterocycles. The molecule has 1 rings (SSSR count). The molecular formula is C10H17NS2. The smallest absolute Gasteiger partial charge is 0.0302 e. The number of rotatable bonds is 5. The van der Waals surface area contributed by atoms with Crippen LogP contribution in [-0.2, 0) is 0 Å². The highest BCUT2D eigenvalue weighted by Crippen LogP contribution is 2.16. The minimum Gasteiger partial charge on any atom is -0.307 e. The summed E-state index contributed by atoms with van der Waals surface area (Å²) in [5, 5.41) is 7.91. The third kappa shape index (κ3) is 3.71. The first-order chi connectivity index (χ1) is 6.24. The Hall–Kier alpha value is 0.01000. The first kappa shape index (κ1) is 11.1. The normalized spacial score (nSPS) is 15.6. The van der Waals surface area contributed by atoms with E-state index in [-0.39, 0.29) is 0 Å². The van der Waals surface area contributed by atoms with Gasteiger partial charge in [-0.05, 0) is 42.5 Å². The van der Waals surface area contributed by atoms with E-state index < -0.39 is 0 Å². The van der Waals surface area contributed by atoms with Crippen molar-refractivity contribution >= 4 is 23.1 Å². The van der Waals surface area contributed by atoms with Crippen molar-refractivity contribution in [2.24, 2.45) is 0 Å². The molecule has 0 aliphatic carbocycles. The molecule has 74 valence electrons. The van der Waals surface area contributed by atoms with Crippen molar-refractivity contribution in [3.05, 3.63) is 22.4 Å². The average molecular weight is 215 g/mol. The third-order valence-corrected chi connectivity index (χ3v) is 3.53. The number of thioether (sulfide) groups is 1. The van der Waals surface area contributed by atoms with Crippen molar-refractivity contribution in [2.45, 2.75) is 25.9 Å². The van der Waals surface area contributed by atoms with Gasteiger partial charge in [-0.2, -0.15) is 23.1 Å². The summed E-state index contributed by atoms with van der Waals surface area (Å²) in [6.07, 6.45) is 2.15. The van der Waals surface area contributed by atoms with Gasteiger partial charge in [0, 0.05) is 17.8 Å². The SMILES string of the molecule is CSC[C@@H](C)N[C@H](C)c1ccsc1. The second-order valence-corrected chi connectivity index (χ2v) is 4.99. The summed E-state index contributed by atoms with van der Waals surface area (Å²) in [6, 6.07) is 3.26. The van der Waals surface area contributed by atoms with E-state index in [9.17, 15) is 0 Å². The minimum absolute atomic E-state index is 0.480. The zero-order chi connectivity index (χ0) is 9.68. The largest absolute Gasteiger partial charge is 0.307 e. The summed E-state index contributed by atoms with van der Waals surface area (Å²) >= 11 is 3.65. The molecule has 2 atom stereocenters. The van der Waals surface area contributed by atoms with E-state index in [1.165, 1.54) is 11.3 Å². The highest BCUT2D eigenvalue weighted by molar-refractivity contribution is 7.98. The molecule has 0 radical (unpaired) electrons. The highest BCUT2D eigenvalue weighted by Gasteiger charge is 2.08.